The Morgan fingerprint density at radius 1 is 0.691 bits per heavy atom. The van der Waals surface area contributed by atoms with E-state index in [9.17, 15) is 33.9 Å². The monoisotopic (exact) mass is 769 g/mol. The fourth-order valence-electron chi connectivity index (χ4n) is 7.94. The number of carbonyl (C=O) groups excluding carboxylic acids is 6. The van der Waals surface area contributed by atoms with Gasteiger partial charge in [0.2, 0.25) is 35.4 Å². The first-order chi connectivity index (χ1) is 26.3. The van der Waals surface area contributed by atoms with Crippen molar-refractivity contribution in [3.05, 3.63) is 29.8 Å². The van der Waals surface area contributed by atoms with Crippen LogP contribution in [0.2, 0.25) is 0 Å². The van der Waals surface area contributed by atoms with Gasteiger partial charge >= 0.3 is 0 Å². The number of benzene rings is 1. The predicted molar refractivity (Wildman–Crippen MR) is 203 cm³/mol. The minimum absolute atomic E-state index is 0.0126. The molecule has 4 heterocycles. The van der Waals surface area contributed by atoms with Crippen molar-refractivity contribution < 1.29 is 33.9 Å². The molecule has 0 radical (unpaired) electrons. The molecule has 13 N–H and O–H groups in total. The molecule has 1 aromatic rings. The standard InChI is InChI=1S/C37H59N11O7/c1-19(2)27(9-32(38)50)45-35(53)25-13-42-17-30(25)47-37(55)26-14-43-18-31(26)48-36(54)24-12-41-16-29(24)46-33(51)21(8-20-4-6-22(49)7-5-20)10-44-34(52)23-11-40-15-28(23)39-3/h4-7,19,21,23-31,39-43,49H,8-18H2,1-3H3,(H2,38,50)(H,44,52)(H,45,53)(H,46,51)(H,47,55)(H,48,54)/t21-,23-,24-,25-,26-,27+,28-,29-,30-,31-/m0/s1. The maximum Gasteiger partial charge on any atom is 0.226 e. The Kier molecular flexibility index (Phi) is 14.8. The largest absolute Gasteiger partial charge is 0.508 e. The lowest BCUT2D eigenvalue weighted by Gasteiger charge is -2.28. The molecule has 55 heavy (non-hydrogen) atoms. The van der Waals surface area contributed by atoms with Gasteiger partial charge in [-0.2, -0.15) is 0 Å². The summed E-state index contributed by atoms with van der Waals surface area (Å²) in [4.78, 5) is 79.1. The molecule has 5 rings (SSSR count). The highest BCUT2D eigenvalue weighted by molar-refractivity contribution is 5.87. The molecule has 0 aromatic heterocycles. The van der Waals surface area contributed by atoms with Crippen molar-refractivity contribution >= 4 is 35.4 Å². The highest BCUT2D eigenvalue weighted by atomic mass is 16.3. The Balaban J connectivity index is 1.17. The maximum absolute atomic E-state index is 13.8. The quantitative estimate of drug-likeness (QED) is 0.0717. The number of aromatic hydroxyl groups is 1. The molecule has 1 aromatic carbocycles. The molecule has 0 bridgehead atoms. The summed E-state index contributed by atoms with van der Waals surface area (Å²) in [5.41, 5.74) is 6.19. The summed E-state index contributed by atoms with van der Waals surface area (Å²) in [5.74, 6) is -4.42. The van der Waals surface area contributed by atoms with Gasteiger partial charge in [-0.05, 0) is 37.1 Å². The lowest BCUT2D eigenvalue weighted by molar-refractivity contribution is -0.129. The van der Waals surface area contributed by atoms with E-state index in [4.69, 9.17) is 5.73 Å². The van der Waals surface area contributed by atoms with E-state index in [-0.39, 0.29) is 66.1 Å². The van der Waals surface area contributed by atoms with E-state index in [0.29, 0.717) is 58.8 Å². The molecule has 0 spiro atoms. The number of hydrogen-bond donors (Lipinski definition) is 12. The summed E-state index contributed by atoms with van der Waals surface area (Å²) in [6, 6.07) is 4.59. The number of carbonyl (C=O) groups is 6. The Labute approximate surface area is 321 Å². The number of hydrogen-bond acceptors (Lipinski definition) is 12. The molecule has 0 aliphatic carbocycles. The van der Waals surface area contributed by atoms with Gasteiger partial charge in [0, 0.05) is 77.4 Å². The number of primary amides is 1. The fourth-order valence-corrected chi connectivity index (χ4v) is 7.94. The van der Waals surface area contributed by atoms with Gasteiger partial charge in [0.15, 0.2) is 0 Å². The second kappa shape index (κ2) is 19.5. The first-order valence-electron chi connectivity index (χ1n) is 19.4. The number of phenols is 1. The van der Waals surface area contributed by atoms with Gasteiger partial charge in [0.05, 0.1) is 47.7 Å². The second-order valence-corrected chi connectivity index (χ2v) is 15.6. The molecule has 4 aliphatic rings. The van der Waals surface area contributed by atoms with Crippen LogP contribution in [0.15, 0.2) is 24.3 Å². The molecular weight excluding hydrogens is 710 g/mol. The van der Waals surface area contributed by atoms with E-state index in [1.807, 2.05) is 20.9 Å². The lowest BCUT2D eigenvalue weighted by Crippen LogP contribution is -2.55. The van der Waals surface area contributed by atoms with Gasteiger partial charge < -0.3 is 64.0 Å². The third-order valence-corrected chi connectivity index (χ3v) is 11.4. The van der Waals surface area contributed by atoms with Crippen molar-refractivity contribution in [2.24, 2.45) is 41.2 Å². The third kappa shape index (κ3) is 11.1. The Morgan fingerprint density at radius 2 is 1.16 bits per heavy atom. The number of rotatable bonds is 17. The Hall–Kier alpha value is -4.36. The van der Waals surface area contributed by atoms with Gasteiger partial charge in [-0.25, -0.2) is 0 Å². The summed E-state index contributed by atoms with van der Waals surface area (Å²) >= 11 is 0. The smallest absolute Gasteiger partial charge is 0.226 e. The van der Waals surface area contributed by atoms with Crippen LogP contribution in [0, 0.1) is 35.5 Å². The average Bonchev–Trinajstić information content (AvgIpc) is 3.98. The Bertz CT molecular complexity index is 1530. The van der Waals surface area contributed by atoms with Gasteiger partial charge in [0.25, 0.3) is 0 Å². The van der Waals surface area contributed by atoms with E-state index in [0.717, 1.165) is 5.56 Å². The molecule has 10 atom stereocenters. The lowest BCUT2D eigenvalue weighted by atomic mass is 9.95. The molecule has 18 nitrogen and oxygen atoms in total. The predicted octanol–water partition coefficient (Wildman–Crippen LogP) is -4.40. The number of amides is 6. The molecule has 18 heteroatoms. The van der Waals surface area contributed by atoms with Crippen LogP contribution < -0.4 is 58.9 Å². The zero-order chi connectivity index (χ0) is 39.6. The van der Waals surface area contributed by atoms with E-state index >= 15 is 0 Å². The molecule has 4 saturated heterocycles. The minimum atomic E-state index is -0.650. The first kappa shape index (κ1) is 41.8. The minimum Gasteiger partial charge on any atom is -0.508 e. The van der Waals surface area contributed by atoms with E-state index in [1.54, 1.807) is 24.3 Å². The molecule has 0 unspecified atom stereocenters. The highest BCUT2D eigenvalue weighted by Crippen LogP contribution is 2.19. The van der Waals surface area contributed by atoms with Crippen LogP contribution in [-0.2, 0) is 35.2 Å². The molecule has 4 aliphatic heterocycles. The summed E-state index contributed by atoms with van der Waals surface area (Å²) in [6.45, 7) is 7.23. The van der Waals surface area contributed by atoms with Crippen LogP contribution in [-0.4, -0.2) is 137 Å². The maximum atomic E-state index is 13.8. The summed E-state index contributed by atoms with van der Waals surface area (Å²) in [6.07, 6.45) is 0.322. The zero-order valence-electron chi connectivity index (χ0n) is 31.9. The SMILES string of the molecule is CN[C@H]1CNC[C@@H]1C(=O)NC[C@H](Cc1ccc(O)cc1)C(=O)N[C@H]1CNC[C@@H]1C(=O)N[C@H]1CNC[C@@H]1C(=O)N[C@H]1CNC[C@@H]1C(=O)N[C@H](CC(N)=O)C(C)C. The number of nitrogens with one attached hydrogen (secondary N) is 10. The van der Waals surface area contributed by atoms with Crippen molar-refractivity contribution in [3.63, 3.8) is 0 Å². The molecular formula is C37H59N11O7. The second-order valence-electron chi connectivity index (χ2n) is 15.6. The van der Waals surface area contributed by atoms with E-state index in [2.05, 4.69) is 53.2 Å². The van der Waals surface area contributed by atoms with Crippen LogP contribution >= 0.6 is 0 Å². The molecule has 4 fully saturated rings. The number of likely N-dealkylation sites (N-methyl/N-ethyl adjacent to an activating group) is 1. The van der Waals surface area contributed by atoms with E-state index < -0.39 is 53.7 Å². The van der Waals surface area contributed by atoms with Crippen molar-refractivity contribution in [2.45, 2.75) is 56.9 Å². The first-order valence-corrected chi connectivity index (χ1v) is 19.4. The van der Waals surface area contributed by atoms with Crippen LogP contribution in [0.25, 0.3) is 0 Å². The number of phenolic OH excluding ortho intramolecular Hbond substituents is 1. The van der Waals surface area contributed by atoms with Crippen LogP contribution in [0.1, 0.15) is 25.8 Å². The average molecular weight is 770 g/mol. The highest BCUT2D eigenvalue weighted by Gasteiger charge is 2.42. The summed E-state index contributed by atoms with van der Waals surface area (Å²) in [5, 5.41) is 40.7. The number of nitrogens with two attached hydrogens (primary N) is 1. The van der Waals surface area contributed by atoms with E-state index in [1.165, 1.54) is 0 Å². The molecule has 304 valence electrons. The fraction of sp³-hybridized carbons (Fsp3) is 0.676. The van der Waals surface area contributed by atoms with Crippen molar-refractivity contribution in [2.75, 3.05) is 66.0 Å². The van der Waals surface area contributed by atoms with Crippen molar-refractivity contribution in [1.82, 2.24) is 53.2 Å². The van der Waals surface area contributed by atoms with Gasteiger partial charge in [-0.15, -0.1) is 0 Å². The third-order valence-electron chi connectivity index (χ3n) is 11.4. The zero-order valence-corrected chi connectivity index (χ0v) is 31.9. The van der Waals surface area contributed by atoms with Crippen LogP contribution in [0.5, 0.6) is 5.75 Å². The van der Waals surface area contributed by atoms with Crippen LogP contribution in [0.3, 0.4) is 0 Å². The van der Waals surface area contributed by atoms with Gasteiger partial charge in [0.1, 0.15) is 5.75 Å². The van der Waals surface area contributed by atoms with Crippen LogP contribution in [0.4, 0.5) is 0 Å². The van der Waals surface area contributed by atoms with Gasteiger partial charge in [-0.3, -0.25) is 28.8 Å². The summed E-state index contributed by atoms with van der Waals surface area (Å²) < 4.78 is 0. The normalized spacial score (nSPS) is 28.7. The molecule has 0 saturated carbocycles. The summed E-state index contributed by atoms with van der Waals surface area (Å²) in [7, 11) is 1.81. The van der Waals surface area contributed by atoms with Gasteiger partial charge in [-0.1, -0.05) is 26.0 Å². The van der Waals surface area contributed by atoms with Crippen molar-refractivity contribution in [1.29, 1.82) is 0 Å². The Morgan fingerprint density at radius 3 is 1.65 bits per heavy atom. The topological polar surface area (TPSA) is 269 Å². The molecule has 6 amide bonds. The van der Waals surface area contributed by atoms with Crippen molar-refractivity contribution in [3.8, 4) is 5.75 Å².